The van der Waals surface area contributed by atoms with Gasteiger partial charge in [-0.2, -0.15) is 0 Å². The van der Waals surface area contributed by atoms with Crippen molar-refractivity contribution in [3.8, 4) is 11.5 Å². The van der Waals surface area contributed by atoms with Gasteiger partial charge in [-0.3, -0.25) is 13.9 Å². The molecule has 40 heavy (non-hydrogen) atoms. The first-order valence-corrected chi connectivity index (χ1v) is 15.9. The summed E-state index contributed by atoms with van der Waals surface area (Å²) in [5.74, 6) is 0.791. The van der Waals surface area contributed by atoms with Crippen molar-refractivity contribution in [3.63, 3.8) is 0 Å². The number of sulfonamides is 1. The molecule has 2 amide bonds. The smallest absolute Gasteiger partial charge is 0.242 e. The normalized spacial score (nSPS) is 14.7. The fourth-order valence-electron chi connectivity index (χ4n) is 5.00. The van der Waals surface area contributed by atoms with Crippen LogP contribution in [0.4, 0.5) is 5.69 Å². The highest BCUT2D eigenvalue weighted by atomic mass is 32.2. The number of hydrogen-bond acceptors (Lipinski definition) is 6. The molecule has 0 radical (unpaired) electrons. The SMILES string of the molecule is CCOc1ccccc1N(CCCC(=O)N(Cc1ccc(OC)cc1)[C@H](C)C(=O)NC1CCCCC1)S(C)(=O)=O. The molecule has 1 aliphatic rings. The van der Waals surface area contributed by atoms with E-state index in [0.717, 1.165) is 37.5 Å². The van der Waals surface area contributed by atoms with Crippen LogP contribution in [0.25, 0.3) is 0 Å². The number of rotatable bonds is 14. The summed E-state index contributed by atoms with van der Waals surface area (Å²) in [6.45, 7) is 4.34. The van der Waals surface area contributed by atoms with Crippen molar-refractivity contribution in [2.24, 2.45) is 0 Å². The van der Waals surface area contributed by atoms with E-state index in [0.29, 0.717) is 23.8 Å². The Hall–Kier alpha value is -3.27. The van der Waals surface area contributed by atoms with Crippen molar-refractivity contribution in [1.82, 2.24) is 10.2 Å². The van der Waals surface area contributed by atoms with Crippen molar-refractivity contribution in [3.05, 3.63) is 54.1 Å². The van der Waals surface area contributed by atoms with Crippen LogP contribution in [0.15, 0.2) is 48.5 Å². The second-order valence-corrected chi connectivity index (χ2v) is 12.1. The molecule has 0 unspecified atom stereocenters. The summed E-state index contributed by atoms with van der Waals surface area (Å²) in [6, 6.07) is 13.8. The van der Waals surface area contributed by atoms with Gasteiger partial charge in [0.2, 0.25) is 21.8 Å². The van der Waals surface area contributed by atoms with E-state index in [1.165, 1.54) is 10.7 Å². The topological polar surface area (TPSA) is 105 Å². The molecular weight excluding hydrogens is 530 g/mol. The summed E-state index contributed by atoms with van der Waals surface area (Å²) in [6.07, 6.45) is 6.79. The average molecular weight is 574 g/mol. The van der Waals surface area contributed by atoms with Crippen molar-refractivity contribution < 1.29 is 27.5 Å². The summed E-state index contributed by atoms with van der Waals surface area (Å²) < 4.78 is 37.6. The highest BCUT2D eigenvalue weighted by Crippen LogP contribution is 2.30. The summed E-state index contributed by atoms with van der Waals surface area (Å²) in [5.41, 5.74) is 1.31. The molecule has 2 aromatic carbocycles. The van der Waals surface area contributed by atoms with Crippen LogP contribution in [-0.4, -0.2) is 63.7 Å². The van der Waals surface area contributed by atoms with Gasteiger partial charge in [-0.1, -0.05) is 43.5 Å². The number of nitrogens with one attached hydrogen (secondary N) is 1. The number of hydrogen-bond donors (Lipinski definition) is 1. The number of benzene rings is 2. The van der Waals surface area contributed by atoms with Gasteiger partial charge in [0, 0.05) is 25.6 Å². The van der Waals surface area contributed by atoms with Crippen LogP contribution in [0.1, 0.15) is 64.4 Å². The number of carbonyl (C=O) groups is 2. The molecule has 1 saturated carbocycles. The lowest BCUT2D eigenvalue weighted by Crippen LogP contribution is -2.50. The van der Waals surface area contributed by atoms with Crippen LogP contribution in [0.5, 0.6) is 11.5 Å². The van der Waals surface area contributed by atoms with Crippen LogP contribution >= 0.6 is 0 Å². The van der Waals surface area contributed by atoms with Gasteiger partial charge in [0.05, 0.1) is 25.7 Å². The standard InChI is InChI=1S/C30H43N3O6S/c1-5-39-28-15-10-9-14-27(28)33(40(4,36)37)21-11-16-29(34)32(22-24-17-19-26(38-3)20-18-24)23(2)30(35)31-25-12-7-6-8-13-25/h9-10,14-15,17-20,23,25H,5-8,11-13,16,21-22H2,1-4H3,(H,31,35)/t23-/m1/s1. The monoisotopic (exact) mass is 573 g/mol. The number of methoxy groups -OCH3 is 1. The van der Waals surface area contributed by atoms with Crippen LogP contribution < -0.4 is 19.1 Å². The van der Waals surface area contributed by atoms with Crippen molar-refractivity contribution >= 4 is 27.5 Å². The predicted molar refractivity (Wildman–Crippen MR) is 157 cm³/mol. The first-order valence-electron chi connectivity index (χ1n) is 14.1. The van der Waals surface area contributed by atoms with Gasteiger partial charge in [-0.25, -0.2) is 8.42 Å². The highest BCUT2D eigenvalue weighted by Gasteiger charge is 2.29. The Kier molecular flexibility index (Phi) is 11.7. The Morgan fingerprint density at radius 3 is 2.35 bits per heavy atom. The van der Waals surface area contributed by atoms with E-state index in [2.05, 4.69) is 5.32 Å². The van der Waals surface area contributed by atoms with Crippen molar-refractivity contribution in [2.75, 3.05) is 30.8 Å². The highest BCUT2D eigenvalue weighted by molar-refractivity contribution is 7.92. The maximum atomic E-state index is 13.6. The Bertz CT molecular complexity index is 1210. The second kappa shape index (κ2) is 14.9. The van der Waals surface area contributed by atoms with E-state index in [4.69, 9.17) is 9.47 Å². The molecule has 0 aliphatic heterocycles. The van der Waals surface area contributed by atoms with Gasteiger partial charge in [-0.05, 0) is 62.9 Å². The number of ether oxygens (including phenoxy) is 2. The van der Waals surface area contributed by atoms with Crippen molar-refractivity contribution in [2.45, 2.75) is 77.4 Å². The third-order valence-electron chi connectivity index (χ3n) is 7.22. The van der Waals surface area contributed by atoms with Crippen molar-refractivity contribution in [1.29, 1.82) is 0 Å². The zero-order chi connectivity index (χ0) is 29.1. The van der Waals surface area contributed by atoms with E-state index in [9.17, 15) is 18.0 Å². The van der Waals surface area contributed by atoms with Crippen LogP contribution in [0.3, 0.4) is 0 Å². The Labute approximate surface area is 238 Å². The molecule has 2 aromatic rings. The molecule has 0 bridgehead atoms. The largest absolute Gasteiger partial charge is 0.497 e. The van der Waals surface area contributed by atoms with E-state index in [1.807, 2.05) is 31.2 Å². The Morgan fingerprint density at radius 1 is 1.05 bits per heavy atom. The number of nitrogens with zero attached hydrogens (tertiary/aromatic N) is 2. The number of para-hydroxylation sites is 2. The number of amides is 2. The van der Waals surface area contributed by atoms with E-state index >= 15 is 0 Å². The average Bonchev–Trinajstić information content (AvgIpc) is 2.94. The molecule has 0 spiro atoms. The molecule has 3 rings (SSSR count). The quantitative estimate of drug-likeness (QED) is 0.357. The molecule has 10 heteroatoms. The van der Waals surface area contributed by atoms with E-state index in [1.54, 1.807) is 43.2 Å². The minimum atomic E-state index is -3.63. The molecule has 0 saturated heterocycles. The summed E-state index contributed by atoms with van der Waals surface area (Å²) in [4.78, 5) is 28.4. The minimum absolute atomic E-state index is 0.0834. The second-order valence-electron chi connectivity index (χ2n) is 10.2. The first-order chi connectivity index (χ1) is 19.1. The fraction of sp³-hybridized carbons (Fsp3) is 0.533. The summed E-state index contributed by atoms with van der Waals surface area (Å²) >= 11 is 0. The molecule has 1 aliphatic carbocycles. The molecule has 9 nitrogen and oxygen atoms in total. The summed E-state index contributed by atoms with van der Waals surface area (Å²) in [7, 11) is -2.03. The maximum absolute atomic E-state index is 13.6. The van der Waals surface area contributed by atoms with Crippen LogP contribution in [-0.2, 0) is 26.2 Å². The third kappa shape index (κ3) is 8.87. The zero-order valence-electron chi connectivity index (χ0n) is 24.1. The lowest BCUT2D eigenvalue weighted by molar-refractivity contribution is -0.141. The molecule has 0 heterocycles. The Morgan fingerprint density at radius 2 is 1.73 bits per heavy atom. The molecule has 1 fully saturated rings. The molecular formula is C30H43N3O6S. The van der Waals surface area contributed by atoms with Gasteiger partial charge in [0.15, 0.2) is 0 Å². The third-order valence-corrected chi connectivity index (χ3v) is 8.40. The molecule has 0 aromatic heterocycles. The van der Waals surface area contributed by atoms with Crippen LogP contribution in [0, 0.1) is 0 Å². The van der Waals surface area contributed by atoms with Gasteiger partial charge in [0.1, 0.15) is 17.5 Å². The first kappa shape index (κ1) is 31.3. The maximum Gasteiger partial charge on any atom is 0.242 e. The molecule has 1 N–H and O–H groups in total. The Balaban J connectivity index is 1.74. The molecule has 1 atom stereocenters. The molecule has 220 valence electrons. The van der Waals surface area contributed by atoms with Gasteiger partial charge in [-0.15, -0.1) is 0 Å². The zero-order valence-corrected chi connectivity index (χ0v) is 24.9. The fourth-order valence-corrected chi connectivity index (χ4v) is 5.97. The lowest BCUT2D eigenvalue weighted by atomic mass is 9.95. The van der Waals surface area contributed by atoms with E-state index in [-0.39, 0.29) is 43.8 Å². The number of anilines is 1. The minimum Gasteiger partial charge on any atom is -0.497 e. The van der Waals surface area contributed by atoms with Crippen LogP contribution in [0.2, 0.25) is 0 Å². The summed E-state index contributed by atoms with van der Waals surface area (Å²) in [5, 5.41) is 3.14. The van der Waals surface area contributed by atoms with Gasteiger partial charge >= 0.3 is 0 Å². The predicted octanol–water partition coefficient (Wildman–Crippen LogP) is 4.51. The number of carbonyl (C=O) groups excluding carboxylic acids is 2. The van der Waals surface area contributed by atoms with E-state index < -0.39 is 16.1 Å². The van der Waals surface area contributed by atoms with Gasteiger partial charge < -0.3 is 19.7 Å². The lowest BCUT2D eigenvalue weighted by Gasteiger charge is -2.31. The van der Waals surface area contributed by atoms with Gasteiger partial charge in [0.25, 0.3) is 0 Å².